The van der Waals surface area contributed by atoms with Gasteiger partial charge in [0.15, 0.2) is 5.75 Å². The maximum Gasteiger partial charge on any atom is 0.339 e. The molecule has 2 aromatic carbocycles. The molecule has 0 saturated carbocycles. The molecule has 6 nitrogen and oxygen atoms in total. The summed E-state index contributed by atoms with van der Waals surface area (Å²) in [5.74, 6) is 1.50. The molecule has 2 unspecified atom stereocenters. The van der Waals surface area contributed by atoms with E-state index >= 15 is 0 Å². The van der Waals surface area contributed by atoms with E-state index in [1.54, 1.807) is 38.1 Å². The molecule has 1 aliphatic carbocycles. The van der Waals surface area contributed by atoms with Crippen LogP contribution in [0.1, 0.15) is 36.1 Å². The molecule has 204 valence electrons. The predicted molar refractivity (Wildman–Crippen MR) is 152 cm³/mol. The van der Waals surface area contributed by atoms with Crippen LogP contribution < -0.4 is 8.92 Å². The van der Waals surface area contributed by atoms with E-state index < -0.39 is 10.1 Å². The Hall–Kier alpha value is -3.55. The lowest BCUT2D eigenvalue weighted by Gasteiger charge is -2.39. The van der Waals surface area contributed by atoms with Gasteiger partial charge in [0.05, 0.1) is 17.6 Å². The molecule has 2 aromatic rings. The summed E-state index contributed by atoms with van der Waals surface area (Å²) < 4.78 is 51.2. The van der Waals surface area contributed by atoms with E-state index in [0.717, 1.165) is 22.5 Å². The molecule has 0 amide bonds. The van der Waals surface area contributed by atoms with Crippen molar-refractivity contribution in [2.45, 2.75) is 51.2 Å². The van der Waals surface area contributed by atoms with Crippen LogP contribution in [-0.2, 0) is 19.6 Å². The standard InChI is InChI=1S/C32H34O6S/c1-7-14-35-25-9-10-26(29(18-25)38-39(33,34)31-21(3)15-20(2)16-22(31)4)24-17-23-8-11-28-27(30(23)36-19-24)12-13-32(5,6)37-28/h7-13,15-18,27-28H,1,14,19H2,2-6H3. The summed E-state index contributed by atoms with van der Waals surface area (Å²) in [7, 11) is -4.14. The average molecular weight is 547 g/mol. The fraction of sp³-hybridized carbons (Fsp3) is 0.312. The zero-order chi connectivity index (χ0) is 27.9. The smallest absolute Gasteiger partial charge is 0.339 e. The minimum Gasteiger partial charge on any atom is -0.492 e. The molecule has 0 aromatic heterocycles. The van der Waals surface area contributed by atoms with Crippen molar-refractivity contribution >= 4 is 15.7 Å². The van der Waals surface area contributed by atoms with E-state index in [1.165, 1.54) is 0 Å². The number of rotatable bonds is 7. The summed E-state index contributed by atoms with van der Waals surface area (Å²) in [6.45, 7) is 13.8. The molecule has 2 heterocycles. The van der Waals surface area contributed by atoms with Gasteiger partial charge in [0.2, 0.25) is 0 Å². The zero-order valence-corrected chi connectivity index (χ0v) is 23.8. The summed E-state index contributed by atoms with van der Waals surface area (Å²) >= 11 is 0. The van der Waals surface area contributed by atoms with Gasteiger partial charge in [0.1, 0.15) is 29.6 Å². The van der Waals surface area contributed by atoms with Crippen molar-refractivity contribution in [1.82, 2.24) is 0 Å². The summed E-state index contributed by atoms with van der Waals surface area (Å²) in [6.07, 6.45) is 11.8. The minimum absolute atomic E-state index is 0.00547. The summed E-state index contributed by atoms with van der Waals surface area (Å²) in [6, 6.07) is 8.88. The van der Waals surface area contributed by atoms with Crippen LogP contribution in [0.2, 0.25) is 0 Å². The topological polar surface area (TPSA) is 71.1 Å². The second kappa shape index (κ2) is 10.2. The molecule has 2 atom stereocenters. The third-order valence-corrected chi connectivity index (χ3v) is 8.53. The number of hydrogen-bond donors (Lipinski definition) is 0. The number of ether oxygens (including phenoxy) is 3. The van der Waals surface area contributed by atoms with Gasteiger partial charge in [0.25, 0.3) is 0 Å². The van der Waals surface area contributed by atoms with Crippen LogP contribution in [0.15, 0.2) is 89.6 Å². The highest BCUT2D eigenvalue weighted by molar-refractivity contribution is 7.87. The van der Waals surface area contributed by atoms with Crippen LogP contribution >= 0.6 is 0 Å². The fourth-order valence-corrected chi connectivity index (χ4v) is 6.78. The number of aryl methyl sites for hydroxylation is 3. The third kappa shape index (κ3) is 5.47. The Kier molecular flexibility index (Phi) is 7.08. The first-order chi connectivity index (χ1) is 18.5. The van der Waals surface area contributed by atoms with Crippen LogP contribution in [0.5, 0.6) is 11.5 Å². The van der Waals surface area contributed by atoms with Gasteiger partial charge < -0.3 is 18.4 Å². The Bertz CT molecular complexity index is 1530. The molecule has 0 spiro atoms. The monoisotopic (exact) mass is 546 g/mol. The molecule has 7 heteroatoms. The molecule has 3 aliphatic rings. The summed E-state index contributed by atoms with van der Waals surface area (Å²) in [4.78, 5) is 0.170. The maximum absolute atomic E-state index is 13.6. The number of fused-ring (bicyclic) bond motifs is 2. The van der Waals surface area contributed by atoms with Crippen molar-refractivity contribution in [3.05, 3.63) is 107 Å². The molecule has 0 fully saturated rings. The molecular formula is C32H34O6S. The lowest BCUT2D eigenvalue weighted by Crippen LogP contribution is -2.39. The van der Waals surface area contributed by atoms with Gasteiger partial charge in [-0.3, -0.25) is 0 Å². The van der Waals surface area contributed by atoms with Gasteiger partial charge in [-0.25, -0.2) is 0 Å². The normalized spacial score (nSPS) is 21.4. The maximum atomic E-state index is 13.6. The fourth-order valence-electron chi connectivity index (χ4n) is 5.42. The van der Waals surface area contributed by atoms with Gasteiger partial charge in [0, 0.05) is 22.8 Å². The predicted octanol–water partition coefficient (Wildman–Crippen LogP) is 6.53. The number of allylic oxidation sites excluding steroid dienone is 3. The molecule has 0 saturated heterocycles. The van der Waals surface area contributed by atoms with Crippen LogP contribution in [0.3, 0.4) is 0 Å². The quantitative estimate of drug-likeness (QED) is 0.290. The second-order valence-corrected chi connectivity index (χ2v) is 12.2. The summed E-state index contributed by atoms with van der Waals surface area (Å²) in [5.41, 5.74) is 4.27. The van der Waals surface area contributed by atoms with Gasteiger partial charge in [-0.1, -0.05) is 54.7 Å². The van der Waals surface area contributed by atoms with Crippen LogP contribution in [0.25, 0.3) is 5.57 Å². The first-order valence-electron chi connectivity index (χ1n) is 13.0. The Morgan fingerprint density at radius 1 is 1.10 bits per heavy atom. The molecule has 5 rings (SSSR count). The highest BCUT2D eigenvalue weighted by atomic mass is 32.2. The Labute approximate surface area is 231 Å². The Morgan fingerprint density at radius 3 is 2.56 bits per heavy atom. The van der Waals surface area contributed by atoms with E-state index in [4.69, 9.17) is 18.4 Å². The van der Waals surface area contributed by atoms with Crippen molar-refractivity contribution in [2.24, 2.45) is 5.92 Å². The summed E-state index contributed by atoms with van der Waals surface area (Å²) in [5, 5.41) is 0. The van der Waals surface area contributed by atoms with Crippen molar-refractivity contribution in [3.63, 3.8) is 0 Å². The molecule has 39 heavy (non-hydrogen) atoms. The van der Waals surface area contributed by atoms with Gasteiger partial charge in [-0.2, -0.15) is 8.42 Å². The van der Waals surface area contributed by atoms with Crippen molar-refractivity contribution in [3.8, 4) is 11.5 Å². The van der Waals surface area contributed by atoms with E-state index in [2.05, 4.69) is 24.8 Å². The van der Waals surface area contributed by atoms with Crippen LogP contribution in [0.4, 0.5) is 0 Å². The third-order valence-electron chi connectivity index (χ3n) is 6.99. The zero-order valence-electron chi connectivity index (χ0n) is 23.0. The van der Waals surface area contributed by atoms with Gasteiger partial charge >= 0.3 is 10.1 Å². The largest absolute Gasteiger partial charge is 0.492 e. The van der Waals surface area contributed by atoms with Crippen molar-refractivity contribution in [1.29, 1.82) is 0 Å². The highest BCUT2D eigenvalue weighted by Gasteiger charge is 2.37. The number of hydrogen-bond acceptors (Lipinski definition) is 6. The lowest BCUT2D eigenvalue weighted by atomic mass is 9.84. The Morgan fingerprint density at radius 2 is 1.85 bits per heavy atom. The Balaban J connectivity index is 1.54. The van der Waals surface area contributed by atoms with E-state index in [9.17, 15) is 8.42 Å². The van der Waals surface area contributed by atoms with E-state index in [1.807, 2.05) is 45.1 Å². The van der Waals surface area contributed by atoms with Gasteiger partial charge in [-0.15, -0.1) is 0 Å². The average Bonchev–Trinajstić information content (AvgIpc) is 2.85. The van der Waals surface area contributed by atoms with Crippen LogP contribution in [0, 0.1) is 26.7 Å². The SMILES string of the molecule is C=CCOc1ccc(C2=CC3=C(OC2)C2C=CC(C)(C)OC2C=C3)c(OS(=O)(=O)c2c(C)cc(C)cc2C)c1. The molecular weight excluding hydrogens is 512 g/mol. The molecule has 0 N–H and O–H groups in total. The number of benzene rings is 2. The lowest BCUT2D eigenvalue weighted by molar-refractivity contribution is -0.0500. The van der Waals surface area contributed by atoms with E-state index in [0.29, 0.717) is 22.4 Å². The first kappa shape index (κ1) is 27.0. The van der Waals surface area contributed by atoms with Gasteiger partial charge in [-0.05, 0) is 64.0 Å². The molecule has 0 radical (unpaired) electrons. The minimum atomic E-state index is -4.14. The van der Waals surface area contributed by atoms with Crippen molar-refractivity contribution in [2.75, 3.05) is 13.2 Å². The molecule has 0 bridgehead atoms. The van der Waals surface area contributed by atoms with E-state index in [-0.39, 0.29) is 41.5 Å². The van der Waals surface area contributed by atoms with Crippen LogP contribution in [-0.4, -0.2) is 33.3 Å². The first-order valence-corrected chi connectivity index (χ1v) is 14.4. The second-order valence-electron chi connectivity index (χ2n) is 10.7. The van der Waals surface area contributed by atoms with Crippen molar-refractivity contribution < 1.29 is 26.8 Å². The highest BCUT2D eigenvalue weighted by Crippen LogP contribution is 2.42. The molecule has 2 aliphatic heterocycles.